The molecule has 0 bridgehead atoms. The number of hydrogen-bond donors (Lipinski definition) is 0. The molecule has 0 spiro atoms. The molecule has 1 heterocycles. The Morgan fingerprint density at radius 2 is 1.50 bits per heavy atom. The van der Waals surface area contributed by atoms with Crippen molar-refractivity contribution < 1.29 is 0 Å². The van der Waals surface area contributed by atoms with E-state index in [0.717, 1.165) is 37.9 Å². The minimum absolute atomic E-state index is 0.326. The highest BCUT2D eigenvalue weighted by molar-refractivity contribution is 4.91. The molecule has 0 radical (unpaired) electrons. The van der Waals surface area contributed by atoms with Crippen molar-refractivity contribution in [2.75, 3.05) is 13.1 Å². The van der Waals surface area contributed by atoms with Crippen molar-refractivity contribution >= 4 is 0 Å². The van der Waals surface area contributed by atoms with Gasteiger partial charge in [0.25, 0.3) is 0 Å². The number of rotatable bonds is 1. The van der Waals surface area contributed by atoms with Gasteiger partial charge in [0.1, 0.15) is 0 Å². The number of nitriles is 1. The molecule has 0 aromatic carbocycles. The van der Waals surface area contributed by atoms with Gasteiger partial charge >= 0.3 is 0 Å². The van der Waals surface area contributed by atoms with Gasteiger partial charge in [0.2, 0.25) is 0 Å². The lowest BCUT2D eigenvalue weighted by Crippen LogP contribution is -2.44. The first-order valence-electron chi connectivity index (χ1n) is 7.64. The lowest BCUT2D eigenvalue weighted by atomic mass is 9.71. The number of piperidine rings is 1. The van der Waals surface area contributed by atoms with Crippen molar-refractivity contribution in [3.05, 3.63) is 0 Å². The summed E-state index contributed by atoms with van der Waals surface area (Å²) in [4.78, 5) is 2.66. The third kappa shape index (κ3) is 3.26. The van der Waals surface area contributed by atoms with E-state index in [1.807, 2.05) is 0 Å². The second kappa shape index (κ2) is 5.61. The largest absolute Gasteiger partial charge is 0.300 e. The van der Waals surface area contributed by atoms with Crippen LogP contribution in [0, 0.1) is 28.6 Å². The highest BCUT2D eigenvalue weighted by atomic mass is 15.2. The van der Waals surface area contributed by atoms with Crippen LogP contribution in [0.25, 0.3) is 0 Å². The molecule has 0 atom stereocenters. The Kier molecular flexibility index (Phi) is 4.33. The zero-order valence-electron chi connectivity index (χ0n) is 12.3. The predicted octanol–water partition coefficient (Wildman–Crippen LogP) is 3.83. The zero-order valence-corrected chi connectivity index (χ0v) is 12.3. The fourth-order valence-corrected chi connectivity index (χ4v) is 3.70. The highest BCUT2D eigenvalue weighted by Gasteiger charge is 2.33. The Morgan fingerprint density at radius 1 is 0.944 bits per heavy atom. The first-order valence-corrected chi connectivity index (χ1v) is 7.64. The van der Waals surface area contributed by atoms with Gasteiger partial charge in [-0.3, -0.25) is 0 Å². The van der Waals surface area contributed by atoms with Gasteiger partial charge in [-0.05, 0) is 62.9 Å². The van der Waals surface area contributed by atoms with Crippen LogP contribution in [-0.4, -0.2) is 24.0 Å². The summed E-state index contributed by atoms with van der Waals surface area (Å²) < 4.78 is 0. The van der Waals surface area contributed by atoms with Crippen LogP contribution in [0.3, 0.4) is 0 Å². The Morgan fingerprint density at radius 3 is 1.94 bits per heavy atom. The lowest BCUT2D eigenvalue weighted by Gasteiger charge is -2.42. The normalized spacial score (nSPS) is 32.1. The van der Waals surface area contributed by atoms with Crippen molar-refractivity contribution in [1.29, 1.82) is 5.26 Å². The van der Waals surface area contributed by atoms with Gasteiger partial charge in [-0.1, -0.05) is 20.8 Å². The summed E-state index contributed by atoms with van der Waals surface area (Å²) >= 11 is 0. The van der Waals surface area contributed by atoms with Crippen molar-refractivity contribution in [2.24, 2.45) is 17.3 Å². The number of hydrogen-bond acceptors (Lipinski definition) is 2. The van der Waals surface area contributed by atoms with Crippen LogP contribution >= 0.6 is 0 Å². The van der Waals surface area contributed by atoms with Gasteiger partial charge in [0.15, 0.2) is 0 Å². The van der Waals surface area contributed by atoms with Gasteiger partial charge in [0.05, 0.1) is 6.07 Å². The van der Waals surface area contributed by atoms with Crippen molar-refractivity contribution in [2.45, 2.75) is 65.3 Å². The number of nitrogens with zero attached hydrogens (tertiary/aromatic N) is 2. The zero-order chi connectivity index (χ0) is 13.2. The van der Waals surface area contributed by atoms with Crippen molar-refractivity contribution in [3.63, 3.8) is 0 Å². The molecule has 0 amide bonds. The SMILES string of the molecule is CC(C)(C)C1CCC(N2CCC(C#N)CC2)CC1. The summed E-state index contributed by atoms with van der Waals surface area (Å²) in [6.45, 7) is 9.47. The van der Waals surface area contributed by atoms with Crippen LogP contribution in [0.4, 0.5) is 0 Å². The van der Waals surface area contributed by atoms with Gasteiger partial charge in [-0.15, -0.1) is 0 Å². The van der Waals surface area contributed by atoms with Crippen molar-refractivity contribution in [3.8, 4) is 6.07 Å². The standard InChI is InChI=1S/C16H28N2/c1-16(2,3)14-4-6-15(7-5-14)18-10-8-13(12-17)9-11-18/h13-15H,4-11H2,1-3H3. The molecule has 18 heavy (non-hydrogen) atoms. The van der Waals surface area contributed by atoms with E-state index in [2.05, 4.69) is 31.7 Å². The smallest absolute Gasteiger partial charge is 0.0656 e. The van der Waals surface area contributed by atoms with Crippen LogP contribution in [0.15, 0.2) is 0 Å². The molecule has 1 saturated heterocycles. The molecule has 2 heteroatoms. The Balaban J connectivity index is 1.79. The topological polar surface area (TPSA) is 27.0 Å². The van der Waals surface area contributed by atoms with E-state index >= 15 is 0 Å². The molecule has 0 aromatic rings. The summed E-state index contributed by atoms with van der Waals surface area (Å²) in [6.07, 6.45) is 7.72. The molecular weight excluding hydrogens is 220 g/mol. The molecule has 2 aliphatic rings. The molecular formula is C16H28N2. The van der Waals surface area contributed by atoms with Gasteiger partial charge in [-0.25, -0.2) is 0 Å². The van der Waals surface area contributed by atoms with E-state index in [-0.39, 0.29) is 0 Å². The maximum Gasteiger partial charge on any atom is 0.0656 e. The van der Waals surface area contributed by atoms with Crippen LogP contribution in [0.5, 0.6) is 0 Å². The Labute approximate surface area is 112 Å². The maximum atomic E-state index is 8.94. The molecule has 1 aliphatic carbocycles. The average Bonchev–Trinajstić information content (AvgIpc) is 2.38. The molecule has 0 N–H and O–H groups in total. The molecule has 2 fully saturated rings. The minimum Gasteiger partial charge on any atom is -0.300 e. The molecule has 0 unspecified atom stereocenters. The van der Waals surface area contributed by atoms with E-state index in [1.165, 1.54) is 25.7 Å². The van der Waals surface area contributed by atoms with E-state index < -0.39 is 0 Å². The Hall–Kier alpha value is -0.550. The third-order valence-electron chi connectivity index (χ3n) is 5.15. The molecule has 1 aliphatic heterocycles. The minimum atomic E-state index is 0.326. The summed E-state index contributed by atoms with van der Waals surface area (Å²) in [5.74, 6) is 1.23. The summed E-state index contributed by atoms with van der Waals surface area (Å²) in [5, 5.41) is 8.94. The summed E-state index contributed by atoms with van der Waals surface area (Å²) in [6, 6.07) is 3.24. The fraction of sp³-hybridized carbons (Fsp3) is 0.938. The van der Waals surface area contributed by atoms with E-state index in [1.54, 1.807) is 0 Å². The molecule has 2 nitrogen and oxygen atoms in total. The first kappa shape index (κ1) is 13.9. The van der Waals surface area contributed by atoms with Crippen LogP contribution < -0.4 is 0 Å². The molecule has 1 saturated carbocycles. The van der Waals surface area contributed by atoms with Crippen molar-refractivity contribution in [1.82, 2.24) is 4.90 Å². The molecule has 102 valence electrons. The van der Waals surface area contributed by atoms with E-state index in [0.29, 0.717) is 11.3 Å². The lowest BCUT2D eigenvalue weighted by molar-refractivity contribution is 0.0765. The van der Waals surface area contributed by atoms with Crippen LogP contribution in [0.2, 0.25) is 0 Å². The van der Waals surface area contributed by atoms with Crippen LogP contribution in [0.1, 0.15) is 59.3 Å². The highest BCUT2D eigenvalue weighted by Crippen LogP contribution is 2.39. The quantitative estimate of drug-likeness (QED) is 0.705. The van der Waals surface area contributed by atoms with E-state index in [9.17, 15) is 0 Å². The van der Waals surface area contributed by atoms with Crippen LogP contribution in [-0.2, 0) is 0 Å². The van der Waals surface area contributed by atoms with Gasteiger partial charge in [-0.2, -0.15) is 5.26 Å². The first-order chi connectivity index (χ1) is 8.50. The monoisotopic (exact) mass is 248 g/mol. The summed E-state index contributed by atoms with van der Waals surface area (Å²) in [5.41, 5.74) is 0.485. The third-order valence-corrected chi connectivity index (χ3v) is 5.15. The average molecular weight is 248 g/mol. The second-order valence-corrected chi connectivity index (χ2v) is 7.31. The van der Waals surface area contributed by atoms with Gasteiger partial charge < -0.3 is 4.90 Å². The number of likely N-dealkylation sites (tertiary alicyclic amines) is 1. The van der Waals surface area contributed by atoms with Gasteiger partial charge in [0, 0.05) is 12.0 Å². The molecule has 2 rings (SSSR count). The fourth-order valence-electron chi connectivity index (χ4n) is 3.70. The summed E-state index contributed by atoms with van der Waals surface area (Å²) in [7, 11) is 0. The maximum absolute atomic E-state index is 8.94. The van der Waals surface area contributed by atoms with E-state index in [4.69, 9.17) is 5.26 Å². The predicted molar refractivity (Wildman–Crippen MR) is 75.1 cm³/mol. The second-order valence-electron chi connectivity index (χ2n) is 7.31. The Bertz CT molecular complexity index is 294. The molecule has 0 aromatic heterocycles.